The summed E-state index contributed by atoms with van der Waals surface area (Å²) in [7, 11) is 0. The van der Waals surface area contributed by atoms with Crippen molar-refractivity contribution in [1.29, 1.82) is 0 Å². The van der Waals surface area contributed by atoms with E-state index in [0.717, 1.165) is 40.6 Å². The fourth-order valence-electron chi connectivity index (χ4n) is 3.39. The van der Waals surface area contributed by atoms with E-state index >= 15 is 0 Å². The second-order valence-corrected chi connectivity index (χ2v) is 5.98. The van der Waals surface area contributed by atoms with Crippen LogP contribution in [0.3, 0.4) is 0 Å². The summed E-state index contributed by atoms with van der Waals surface area (Å²) in [5.41, 5.74) is 1.88. The number of hydrogen-bond acceptors (Lipinski definition) is 3. The predicted octanol–water partition coefficient (Wildman–Crippen LogP) is 5.00. The van der Waals surface area contributed by atoms with E-state index in [2.05, 4.69) is 35.5 Å². The van der Waals surface area contributed by atoms with Crippen LogP contribution in [-0.4, -0.2) is 17.5 Å². The van der Waals surface area contributed by atoms with Crippen molar-refractivity contribution in [2.24, 2.45) is 11.1 Å². The minimum absolute atomic E-state index is 0.388. The lowest BCUT2D eigenvalue weighted by atomic mass is 9.83. The highest BCUT2D eigenvalue weighted by atomic mass is 16.5. The van der Waals surface area contributed by atoms with E-state index in [0.29, 0.717) is 12.5 Å². The molecule has 1 fully saturated rings. The van der Waals surface area contributed by atoms with Crippen LogP contribution in [0.2, 0.25) is 0 Å². The summed E-state index contributed by atoms with van der Waals surface area (Å²) in [6, 6.07) is 12.4. The molecule has 0 bridgehead atoms. The molecule has 1 N–H and O–H groups in total. The van der Waals surface area contributed by atoms with Gasteiger partial charge in [-0.15, -0.1) is 0 Å². The number of ether oxygens (including phenoxy) is 1. The van der Waals surface area contributed by atoms with E-state index in [1.165, 1.54) is 19.3 Å². The van der Waals surface area contributed by atoms with Gasteiger partial charge in [-0.25, -0.2) is 0 Å². The van der Waals surface area contributed by atoms with Crippen molar-refractivity contribution in [2.75, 3.05) is 6.61 Å². The third-order valence-corrected chi connectivity index (χ3v) is 4.52. The molecule has 0 atom stereocenters. The Bertz CT molecular complexity index is 672. The average molecular weight is 297 g/mol. The summed E-state index contributed by atoms with van der Waals surface area (Å²) < 4.78 is 5.54. The summed E-state index contributed by atoms with van der Waals surface area (Å²) in [4.78, 5) is 0. The summed E-state index contributed by atoms with van der Waals surface area (Å²) in [6.07, 6.45) is 6.01. The molecule has 3 rings (SSSR count). The fraction of sp³-hybridized carbons (Fsp3) is 0.421. The lowest BCUT2D eigenvalue weighted by Crippen LogP contribution is -2.19. The quantitative estimate of drug-likeness (QED) is 0.490. The first-order valence-corrected chi connectivity index (χ1v) is 8.20. The normalized spacial score (nSPS) is 16.9. The van der Waals surface area contributed by atoms with Crippen molar-refractivity contribution >= 4 is 16.5 Å². The molecule has 2 aromatic carbocycles. The summed E-state index contributed by atoms with van der Waals surface area (Å²) in [5.74, 6) is 1.28. The molecule has 0 aromatic heterocycles. The fourth-order valence-corrected chi connectivity index (χ4v) is 3.39. The van der Waals surface area contributed by atoms with Gasteiger partial charge in [0.1, 0.15) is 5.75 Å². The molecule has 0 radical (unpaired) electrons. The molecule has 2 aromatic rings. The third kappa shape index (κ3) is 3.08. The maximum absolute atomic E-state index is 9.49. The van der Waals surface area contributed by atoms with E-state index in [1.807, 2.05) is 13.0 Å². The first-order valence-electron chi connectivity index (χ1n) is 8.20. The van der Waals surface area contributed by atoms with Gasteiger partial charge in [0.15, 0.2) is 0 Å². The second-order valence-electron chi connectivity index (χ2n) is 5.98. The number of fused-ring (bicyclic) bond motifs is 1. The van der Waals surface area contributed by atoms with Crippen molar-refractivity contribution in [3.8, 4) is 5.75 Å². The van der Waals surface area contributed by atoms with Gasteiger partial charge in [-0.2, -0.15) is 0 Å². The standard InChI is InChI=1S/C19H23NO2/c1-2-22-18-11-10-15-12-17(9-8-16(15)13-18)19(20-21)14-6-4-3-5-7-14/h8-14,21H,2-7H2,1H3. The molecule has 0 saturated heterocycles. The van der Waals surface area contributed by atoms with E-state index < -0.39 is 0 Å². The zero-order valence-electron chi connectivity index (χ0n) is 13.1. The van der Waals surface area contributed by atoms with Crippen molar-refractivity contribution < 1.29 is 9.94 Å². The van der Waals surface area contributed by atoms with Gasteiger partial charge in [0, 0.05) is 11.5 Å². The number of nitrogens with zero attached hydrogens (tertiary/aromatic N) is 1. The Morgan fingerprint density at radius 2 is 1.82 bits per heavy atom. The van der Waals surface area contributed by atoms with Crippen LogP contribution in [0.25, 0.3) is 10.8 Å². The molecular formula is C19H23NO2. The van der Waals surface area contributed by atoms with Crippen molar-refractivity contribution in [2.45, 2.75) is 39.0 Å². The molecular weight excluding hydrogens is 274 g/mol. The van der Waals surface area contributed by atoms with Crippen LogP contribution < -0.4 is 4.74 Å². The molecule has 22 heavy (non-hydrogen) atoms. The van der Waals surface area contributed by atoms with E-state index in [4.69, 9.17) is 4.74 Å². The second kappa shape index (κ2) is 6.82. The van der Waals surface area contributed by atoms with Crippen LogP contribution >= 0.6 is 0 Å². The molecule has 1 aliphatic rings. The minimum atomic E-state index is 0.388. The zero-order valence-corrected chi connectivity index (χ0v) is 13.1. The molecule has 1 aliphatic carbocycles. The van der Waals surface area contributed by atoms with Crippen LogP contribution in [0.5, 0.6) is 5.75 Å². The van der Waals surface area contributed by atoms with Crippen LogP contribution in [0.4, 0.5) is 0 Å². The molecule has 0 unspecified atom stereocenters. The van der Waals surface area contributed by atoms with Crippen molar-refractivity contribution in [3.05, 3.63) is 42.0 Å². The van der Waals surface area contributed by atoms with Gasteiger partial charge in [0.25, 0.3) is 0 Å². The highest BCUT2D eigenvalue weighted by molar-refractivity contribution is 6.04. The van der Waals surface area contributed by atoms with Gasteiger partial charge in [-0.3, -0.25) is 0 Å². The number of hydrogen-bond donors (Lipinski definition) is 1. The van der Waals surface area contributed by atoms with Crippen molar-refractivity contribution in [3.63, 3.8) is 0 Å². The summed E-state index contributed by atoms with van der Waals surface area (Å²) in [6.45, 7) is 2.66. The SMILES string of the molecule is CCOc1ccc2cc(C(=NO)C3CCCCC3)ccc2c1. The predicted molar refractivity (Wildman–Crippen MR) is 90.0 cm³/mol. The van der Waals surface area contributed by atoms with Gasteiger partial charge < -0.3 is 9.94 Å². The maximum atomic E-state index is 9.49. The molecule has 0 aliphatic heterocycles. The number of oxime groups is 1. The van der Waals surface area contributed by atoms with Crippen LogP contribution in [0.15, 0.2) is 41.6 Å². The first kappa shape index (κ1) is 14.9. The molecule has 3 heteroatoms. The van der Waals surface area contributed by atoms with E-state index in [-0.39, 0.29) is 0 Å². The largest absolute Gasteiger partial charge is 0.494 e. The molecule has 0 heterocycles. The van der Waals surface area contributed by atoms with Crippen LogP contribution in [0, 0.1) is 5.92 Å². The molecule has 1 saturated carbocycles. The van der Waals surface area contributed by atoms with Gasteiger partial charge in [0.05, 0.1) is 12.3 Å². The average Bonchev–Trinajstić information content (AvgIpc) is 2.57. The van der Waals surface area contributed by atoms with Gasteiger partial charge in [0.2, 0.25) is 0 Å². The molecule has 0 amide bonds. The Morgan fingerprint density at radius 1 is 1.09 bits per heavy atom. The van der Waals surface area contributed by atoms with Crippen molar-refractivity contribution in [1.82, 2.24) is 0 Å². The van der Waals surface area contributed by atoms with Gasteiger partial charge >= 0.3 is 0 Å². The smallest absolute Gasteiger partial charge is 0.119 e. The Labute approximate surface area is 131 Å². The Morgan fingerprint density at radius 3 is 2.55 bits per heavy atom. The Kier molecular flexibility index (Phi) is 4.62. The topological polar surface area (TPSA) is 41.8 Å². The van der Waals surface area contributed by atoms with Crippen LogP contribution in [-0.2, 0) is 0 Å². The Balaban J connectivity index is 1.91. The molecule has 3 nitrogen and oxygen atoms in total. The highest BCUT2D eigenvalue weighted by Crippen LogP contribution is 2.29. The van der Waals surface area contributed by atoms with E-state index in [1.54, 1.807) is 0 Å². The monoisotopic (exact) mass is 297 g/mol. The minimum Gasteiger partial charge on any atom is -0.494 e. The third-order valence-electron chi connectivity index (χ3n) is 4.52. The molecule has 116 valence electrons. The number of benzene rings is 2. The lowest BCUT2D eigenvalue weighted by molar-refractivity contribution is 0.310. The highest BCUT2D eigenvalue weighted by Gasteiger charge is 2.21. The van der Waals surface area contributed by atoms with Gasteiger partial charge in [-0.05, 0) is 48.7 Å². The summed E-state index contributed by atoms with van der Waals surface area (Å²) in [5, 5.41) is 15.4. The molecule has 0 spiro atoms. The van der Waals surface area contributed by atoms with Crippen LogP contribution in [0.1, 0.15) is 44.6 Å². The summed E-state index contributed by atoms with van der Waals surface area (Å²) >= 11 is 0. The lowest BCUT2D eigenvalue weighted by Gasteiger charge is -2.22. The Hall–Kier alpha value is -2.03. The maximum Gasteiger partial charge on any atom is 0.119 e. The van der Waals surface area contributed by atoms with E-state index in [9.17, 15) is 5.21 Å². The van der Waals surface area contributed by atoms with Gasteiger partial charge in [-0.1, -0.05) is 42.6 Å². The first-order chi connectivity index (χ1) is 10.8. The number of rotatable bonds is 4. The zero-order chi connectivity index (χ0) is 15.4.